The molecule has 3 nitrogen and oxygen atoms in total. The molecule has 1 N–H and O–H groups in total. The first-order chi connectivity index (χ1) is 7.79. The summed E-state index contributed by atoms with van der Waals surface area (Å²) in [6.45, 7) is 2.17. The molecule has 0 aliphatic carbocycles. The molecule has 1 amide bonds. The topological polar surface area (TPSA) is 38.3 Å². The number of aryl methyl sites for hydroxylation is 1. The molecule has 0 saturated heterocycles. The van der Waals surface area contributed by atoms with Crippen molar-refractivity contribution in [2.24, 2.45) is 0 Å². The summed E-state index contributed by atoms with van der Waals surface area (Å²) in [5.74, 6) is -0.172. The molecule has 1 aromatic carbocycles. The Hall–Kier alpha value is -1.35. The lowest BCUT2D eigenvalue weighted by molar-refractivity contribution is 0.0536. The van der Waals surface area contributed by atoms with Crippen LogP contribution in [0.4, 0.5) is 0 Å². The molecule has 0 unspecified atom stereocenters. The fraction of sp³-hybridized carbons (Fsp3) is 0.462. The highest BCUT2D eigenvalue weighted by atomic mass is 16.6. The maximum absolute atomic E-state index is 11.7. The van der Waals surface area contributed by atoms with Gasteiger partial charge in [-0.05, 0) is 24.5 Å². The Balaban J connectivity index is 2.71. The summed E-state index contributed by atoms with van der Waals surface area (Å²) < 4.78 is 0. The number of carbonyl (C=O) groups is 1. The van der Waals surface area contributed by atoms with Gasteiger partial charge in [0.05, 0.1) is 7.11 Å². The van der Waals surface area contributed by atoms with Gasteiger partial charge in [-0.15, -0.1) is 0 Å². The minimum atomic E-state index is -0.172. The van der Waals surface area contributed by atoms with Crippen LogP contribution in [0.25, 0.3) is 0 Å². The van der Waals surface area contributed by atoms with Crippen LogP contribution in [0, 0.1) is 0 Å². The largest absolute Gasteiger partial charge is 0.277 e. The standard InChI is InChI=1S/C13H19NO2/c1-3-4-5-8-11-9-6-7-10-12(11)13(15)14-16-2/h6-7,9-10H,3-5,8H2,1-2H3,(H,14,15). The molecule has 0 radical (unpaired) electrons. The van der Waals surface area contributed by atoms with Crippen molar-refractivity contribution >= 4 is 5.91 Å². The van der Waals surface area contributed by atoms with E-state index in [1.807, 2.05) is 24.3 Å². The molecular formula is C13H19NO2. The zero-order valence-electron chi connectivity index (χ0n) is 9.95. The summed E-state index contributed by atoms with van der Waals surface area (Å²) >= 11 is 0. The first-order valence-corrected chi connectivity index (χ1v) is 5.70. The Labute approximate surface area is 96.8 Å². The van der Waals surface area contributed by atoms with Crippen LogP contribution in [-0.2, 0) is 11.3 Å². The Kier molecular flexibility index (Phi) is 5.57. The van der Waals surface area contributed by atoms with Crippen LogP contribution in [0.15, 0.2) is 24.3 Å². The predicted molar refractivity (Wildman–Crippen MR) is 64.1 cm³/mol. The quantitative estimate of drug-likeness (QED) is 0.592. The van der Waals surface area contributed by atoms with Crippen molar-refractivity contribution in [1.29, 1.82) is 0 Å². The van der Waals surface area contributed by atoms with Crippen molar-refractivity contribution in [3.05, 3.63) is 35.4 Å². The van der Waals surface area contributed by atoms with Crippen molar-refractivity contribution in [1.82, 2.24) is 5.48 Å². The zero-order valence-corrected chi connectivity index (χ0v) is 9.95. The van der Waals surface area contributed by atoms with Gasteiger partial charge < -0.3 is 0 Å². The third-order valence-corrected chi connectivity index (χ3v) is 2.51. The van der Waals surface area contributed by atoms with E-state index in [9.17, 15) is 4.79 Å². The summed E-state index contributed by atoms with van der Waals surface area (Å²) in [4.78, 5) is 16.3. The fourth-order valence-corrected chi connectivity index (χ4v) is 1.67. The molecule has 3 heteroatoms. The molecule has 0 spiro atoms. The van der Waals surface area contributed by atoms with Gasteiger partial charge in [0.2, 0.25) is 0 Å². The van der Waals surface area contributed by atoms with Gasteiger partial charge >= 0.3 is 0 Å². The third kappa shape index (κ3) is 3.66. The van der Waals surface area contributed by atoms with E-state index in [-0.39, 0.29) is 5.91 Å². The molecule has 1 rings (SSSR count). The normalized spacial score (nSPS) is 10.1. The summed E-state index contributed by atoms with van der Waals surface area (Å²) in [7, 11) is 1.44. The van der Waals surface area contributed by atoms with Crippen molar-refractivity contribution in [3.8, 4) is 0 Å². The molecule has 0 aromatic heterocycles. The number of hydrogen-bond acceptors (Lipinski definition) is 2. The Bertz CT molecular complexity index is 336. The lowest BCUT2D eigenvalue weighted by Gasteiger charge is -2.08. The molecule has 0 bridgehead atoms. The molecule has 0 atom stereocenters. The van der Waals surface area contributed by atoms with Crippen LogP contribution >= 0.6 is 0 Å². The lowest BCUT2D eigenvalue weighted by Crippen LogP contribution is -2.23. The summed E-state index contributed by atoms with van der Waals surface area (Å²) in [5.41, 5.74) is 4.15. The highest BCUT2D eigenvalue weighted by Crippen LogP contribution is 2.12. The number of benzene rings is 1. The number of unbranched alkanes of at least 4 members (excludes halogenated alkanes) is 2. The summed E-state index contributed by atoms with van der Waals surface area (Å²) in [6.07, 6.45) is 4.45. The SMILES string of the molecule is CCCCCc1ccccc1C(=O)NOC. The van der Waals surface area contributed by atoms with Gasteiger partial charge in [0, 0.05) is 5.56 Å². The number of hydrogen-bond donors (Lipinski definition) is 1. The summed E-state index contributed by atoms with van der Waals surface area (Å²) in [5, 5.41) is 0. The van der Waals surface area contributed by atoms with E-state index in [0.717, 1.165) is 18.4 Å². The molecule has 88 valence electrons. The Morgan fingerprint density at radius 1 is 1.31 bits per heavy atom. The van der Waals surface area contributed by atoms with Gasteiger partial charge in [0.1, 0.15) is 0 Å². The number of nitrogens with one attached hydrogen (secondary N) is 1. The molecular weight excluding hydrogens is 202 g/mol. The minimum Gasteiger partial charge on any atom is -0.277 e. The van der Waals surface area contributed by atoms with E-state index in [1.54, 1.807) is 0 Å². The van der Waals surface area contributed by atoms with Crippen LogP contribution in [0.1, 0.15) is 42.1 Å². The van der Waals surface area contributed by atoms with Crippen molar-refractivity contribution in [3.63, 3.8) is 0 Å². The molecule has 0 saturated carbocycles. The van der Waals surface area contributed by atoms with Gasteiger partial charge in [-0.3, -0.25) is 9.63 Å². The average molecular weight is 221 g/mol. The zero-order chi connectivity index (χ0) is 11.8. The maximum atomic E-state index is 11.7. The smallest absolute Gasteiger partial charge is 0.275 e. The van der Waals surface area contributed by atoms with E-state index in [0.29, 0.717) is 5.56 Å². The van der Waals surface area contributed by atoms with E-state index in [4.69, 9.17) is 0 Å². The highest BCUT2D eigenvalue weighted by Gasteiger charge is 2.09. The van der Waals surface area contributed by atoms with E-state index >= 15 is 0 Å². The van der Waals surface area contributed by atoms with Crippen molar-refractivity contribution in [2.75, 3.05) is 7.11 Å². The second kappa shape index (κ2) is 7.01. The van der Waals surface area contributed by atoms with E-state index in [2.05, 4.69) is 17.2 Å². The van der Waals surface area contributed by atoms with Crippen molar-refractivity contribution in [2.45, 2.75) is 32.6 Å². The van der Waals surface area contributed by atoms with Gasteiger partial charge in [-0.1, -0.05) is 38.0 Å². The molecule has 1 aromatic rings. The van der Waals surface area contributed by atoms with Crippen LogP contribution in [0.3, 0.4) is 0 Å². The highest BCUT2D eigenvalue weighted by molar-refractivity contribution is 5.94. The predicted octanol–water partition coefficient (Wildman–Crippen LogP) is 2.71. The molecule has 0 aliphatic rings. The van der Waals surface area contributed by atoms with E-state index in [1.165, 1.54) is 20.0 Å². The molecule has 16 heavy (non-hydrogen) atoms. The maximum Gasteiger partial charge on any atom is 0.275 e. The van der Waals surface area contributed by atoms with Crippen LogP contribution in [-0.4, -0.2) is 13.0 Å². The van der Waals surface area contributed by atoms with Crippen molar-refractivity contribution < 1.29 is 9.63 Å². The average Bonchev–Trinajstić information content (AvgIpc) is 2.30. The third-order valence-electron chi connectivity index (χ3n) is 2.51. The molecule has 0 heterocycles. The first-order valence-electron chi connectivity index (χ1n) is 5.70. The Morgan fingerprint density at radius 2 is 2.06 bits per heavy atom. The minimum absolute atomic E-state index is 0.172. The van der Waals surface area contributed by atoms with Gasteiger partial charge in [-0.25, -0.2) is 5.48 Å². The second-order valence-corrected chi connectivity index (χ2v) is 3.75. The molecule has 0 aliphatic heterocycles. The van der Waals surface area contributed by atoms with Crippen LogP contribution in [0.2, 0.25) is 0 Å². The Morgan fingerprint density at radius 3 is 2.75 bits per heavy atom. The van der Waals surface area contributed by atoms with Gasteiger partial charge in [0.25, 0.3) is 5.91 Å². The van der Waals surface area contributed by atoms with Gasteiger partial charge in [0.15, 0.2) is 0 Å². The van der Waals surface area contributed by atoms with Gasteiger partial charge in [-0.2, -0.15) is 0 Å². The number of carbonyl (C=O) groups excluding carboxylic acids is 1. The van der Waals surface area contributed by atoms with Crippen LogP contribution < -0.4 is 5.48 Å². The monoisotopic (exact) mass is 221 g/mol. The summed E-state index contributed by atoms with van der Waals surface area (Å²) in [6, 6.07) is 7.66. The van der Waals surface area contributed by atoms with E-state index < -0.39 is 0 Å². The lowest BCUT2D eigenvalue weighted by atomic mass is 10.0. The number of hydroxylamine groups is 1. The fourth-order valence-electron chi connectivity index (χ4n) is 1.67. The van der Waals surface area contributed by atoms with Crippen LogP contribution in [0.5, 0.6) is 0 Å². The second-order valence-electron chi connectivity index (χ2n) is 3.75. The number of rotatable bonds is 6. The molecule has 0 fully saturated rings. The number of amides is 1. The first kappa shape index (κ1) is 12.7.